The Morgan fingerprint density at radius 1 is 1.14 bits per heavy atom. The first-order chi connectivity index (χ1) is 6.66. The Balaban J connectivity index is 2.47. The van der Waals surface area contributed by atoms with Crippen molar-refractivity contribution in [3.63, 3.8) is 0 Å². The highest BCUT2D eigenvalue weighted by Crippen LogP contribution is 2.17. The van der Waals surface area contributed by atoms with E-state index in [1.807, 2.05) is 6.07 Å². The zero-order chi connectivity index (χ0) is 10.1. The molecule has 0 amide bonds. The van der Waals surface area contributed by atoms with Crippen molar-refractivity contribution in [3.8, 4) is 11.4 Å². The molecule has 0 fully saturated rings. The van der Waals surface area contributed by atoms with E-state index in [2.05, 4.69) is 41.4 Å². The van der Waals surface area contributed by atoms with Crippen LogP contribution in [0, 0.1) is 13.8 Å². The summed E-state index contributed by atoms with van der Waals surface area (Å²) in [4.78, 5) is 1.46. The van der Waals surface area contributed by atoms with Crippen molar-refractivity contribution in [3.05, 3.63) is 29.3 Å². The van der Waals surface area contributed by atoms with Gasteiger partial charge in [0.05, 0.1) is 7.05 Å². The maximum atomic E-state index is 4.15. The number of rotatable bonds is 1. The van der Waals surface area contributed by atoms with Gasteiger partial charge in [-0.05, 0) is 36.3 Å². The van der Waals surface area contributed by atoms with Gasteiger partial charge < -0.3 is 0 Å². The molecule has 0 bridgehead atoms. The van der Waals surface area contributed by atoms with E-state index in [0.717, 1.165) is 5.56 Å². The number of hydrogen-bond acceptors (Lipinski definition) is 3. The van der Waals surface area contributed by atoms with E-state index in [1.165, 1.54) is 15.9 Å². The van der Waals surface area contributed by atoms with Gasteiger partial charge in [-0.15, -0.1) is 10.2 Å². The monoisotopic (exact) mass is 188 g/mol. The molecule has 0 saturated heterocycles. The summed E-state index contributed by atoms with van der Waals surface area (Å²) in [7, 11) is 1.76. The van der Waals surface area contributed by atoms with Crippen molar-refractivity contribution < 1.29 is 0 Å². The smallest absolute Gasteiger partial charge is 0.167 e. The van der Waals surface area contributed by atoms with Crippen LogP contribution in [0.1, 0.15) is 11.1 Å². The summed E-state index contributed by atoms with van der Waals surface area (Å²) < 4.78 is 0. The molecule has 1 heterocycles. The Morgan fingerprint density at radius 2 is 1.93 bits per heavy atom. The molecule has 4 heteroatoms. The molecule has 0 spiro atoms. The van der Waals surface area contributed by atoms with Crippen LogP contribution >= 0.6 is 0 Å². The number of tetrazole rings is 1. The maximum absolute atomic E-state index is 4.15. The first kappa shape index (κ1) is 8.87. The van der Waals surface area contributed by atoms with Crippen LogP contribution < -0.4 is 0 Å². The van der Waals surface area contributed by atoms with Gasteiger partial charge in [-0.25, -0.2) is 0 Å². The second-order valence-corrected chi connectivity index (χ2v) is 3.40. The van der Waals surface area contributed by atoms with Crippen molar-refractivity contribution in [2.24, 2.45) is 7.05 Å². The summed E-state index contributed by atoms with van der Waals surface area (Å²) in [6, 6.07) is 6.16. The zero-order valence-corrected chi connectivity index (χ0v) is 8.52. The van der Waals surface area contributed by atoms with Gasteiger partial charge in [0.1, 0.15) is 0 Å². The first-order valence-corrected chi connectivity index (χ1v) is 4.48. The summed E-state index contributed by atoms with van der Waals surface area (Å²) in [5.41, 5.74) is 3.54. The van der Waals surface area contributed by atoms with Gasteiger partial charge >= 0.3 is 0 Å². The number of aryl methyl sites for hydroxylation is 3. The van der Waals surface area contributed by atoms with Gasteiger partial charge in [0.25, 0.3) is 0 Å². The first-order valence-electron chi connectivity index (χ1n) is 4.48. The average molecular weight is 188 g/mol. The van der Waals surface area contributed by atoms with E-state index in [-0.39, 0.29) is 0 Å². The fourth-order valence-electron chi connectivity index (χ4n) is 1.28. The Hall–Kier alpha value is -1.71. The fourth-order valence-corrected chi connectivity index (χ4v) is 1.28. The van der Waals surface area contributed by atoms with Crippen molar-refractivity contribution in [2.75, 3.05) is 0 Å². The third kappa shape index (κ3) is 1.51. The van der Waals surface area contributed by atoms with Crippen molar-refractivity contribution in [2.45, 2.75) is 13.8 Å². The Kier molecular flexibility index (Phi) is 2.04. The maximum Gasteiger partial charge on any atom is 0.204 e. The molecule has 0 N–H and O–H groups in total. The fraction of sp³-hybridized carbons (Fsp3) is 0.300. The second-order valence-electron chi connectivity index (χ2n) is 3.40. The molecule has 0 saturated carbocycles. The summed E-state index contributed by atoms with van der Waals surface area (Å²) in [5, 5.41) is 11.9. The molecule has 1 aromatic heterocycles. The van der Waals surface area contributed by atoms with E-state index in [0.29, 0.717) is 5.82 Å². The third-order valence-electron chi connectivity index (χ3n) is 2.27. The molecule has 1 aromatic carbocycles. The van der Waals surface area contributed by atoms with Crippen LogP contribution in [0.4, 0.5) is 0 Å². The van der Waals surface area contributed by atoms with Crippen molar-refractivity contribution >= 4 is 0 Å². The molecule has 0 atom stereocenters. The van der Waals surface area contributed by atoms with Crippen LogP contribution in [0.2, 0.25) is 0 Å². The van der Waals surface area contributed by atoms with E-state index >= 15 is 0 Å². The second kappa shape index (κ2) is 3.21. The number of hydrogen-bond donors (Lipinski definition) is 0. The molecule has 0 aliphatic rings. The molecule has 2 rings (SSSR count). The number of aromatic nitrogens is 4. The van der Waals surface area contributed by atoms with Crippen molar-refractivity contribution in [1.29, 1.82) is 0 Å². The lowest BCUT2D eigenvalue weighted by molar-refractivity contribution is 0.630. The largest absolute Gasteiger partial charge is 0.204 e. The van der Waals surface area contributed by atoms with Gasteiger partial charge in [0.15, 0.2) is 0 Å². The topological polar surface area (TPSA) is 43.6 Å². The lowest BCUT2D eigenvalue weighted by atomic mass is 10.1. The van der Waals surface area contributed by atoms with Gasteiger partial charge in [0, 0.05) is 5.56 Å². The number of nitrogens with zero attached hydrogens (tertiary/aromatic N) is 4. The lowest BCUT2D eigenvalue weighted by Gasteiger charge is -2.00. The van der Waals surface area contributed by atoms with Crippen molar-refractivity contribution in [1.82, 2.24) is 20.2 Å². The van der Waals surface area contributed by atoms with Gasteiger partial charge in [0.2, 0.25) is 5.82 Å². The Morgan fingerprint density at radius 3 is 2.50 bits per heavy atom. The quantitative estimate of drug-likeness (QED) is 0.681. The van der Waals surface area contributed by atoms with Crippen LogP contribution in [-0.4, -0.2) is 20.2 Å². The highest BCUT2D eigenvalue weighted by Gasteiger charge is 2.04. The van der Waals surface area contributed by atoms with Crippen LogP contribution in [0.15, 0.2) is 18.2 Å². The van der Waals surface area contributed by atoms with E-state index < -0.39 is 0 Å². The molecular formula is C10H12N4. The minimum Gasteiger partial charge on any atom is -0.167 e. The molecule has 0 aliphatic carbocycles. The highest BCUT2D eigenvalue weighted by molar-refractivity contribution is 5.56. The predicted molar refractivity (Wildman–Crippen MR) is 53.7 cm³/mol. The standard InChI is InChI=1S/C10H12N4/c1-7-4-5-9(6-8(7)2)10-11-13-14(3)12-10/h4-6H,1-3H3. The molecule has 14 heavy (non-hydrogen) atoms. The number of benzene rings is 1. The van der Waals surface area contributed by atoms with Gasteiger partial charge in [-0.1, -0.05) is 12.1 Å². The van der Waals surface area contributed by atoms with Gasteiger partial charge in [-0.2, -0.15) is 4.80 Å². The average Bonchev–Trinajstić information content (AvgIpc) is 2.57. The molecule has 72 valence electrons. The van der Waals surface area contributed by atoms with E-state index in [4.69, 9.17) is 0 Å². The molecule has 0 unspecified atom stereocenters. The summed E-state index contributed by atoms with van der Waals surface area (Å²) in [5.74, 6) is 0.676. The zero-order valence-electron chi connectivity index (χ0n) is 8.52. The van der Waals surface area contributed by atoms with Crippen LogP contribution in [0.25, 0.3) is 11.4 Å². The molecule has 4 nitrogen and oxygen atoms in total. The molecule has 0 radical (unpaired) electrons. The van der Waals surface area contributed by atoms with Crippen LogP contribution in [0.5, 0.6) is 0 Å². The predicted octanol–water partition coefficient (Wildman–Crippen LogP) is 1.49. The molecule has 2 aromatic rings. The Bertz CT molecular complexity index is 459. The summed E-state index contributed by atoms with van der Waals surface area (Å²) in [6.07, 6.45) is 0. The van der Waals surface area contributed by atoms with Gasteiger partial charge in [-0.3, -0.25) is 0 Å². The normalized spacial score (nSPS) is 10.5. The highest BCUT2D eigenvalue weighted by atomic mass is 15.6. The lowest BCUT2D eigenvalue weighted by Crippen LogP contribution is -1.92. The summed E-state index contributed by atoms with van der Waals surface area (Å²) >= 11 is 0. The van der Waals surface area contributed by atoms with E-state index in [1.54, 1.807) is 7.05 Å². The summed E-state index contributed by atoms with van der Waals surface area (Å²) in [6.45, 7) is 4.17. The van der Waals surface area contributed by atoms with Crippen LogP contribution in [0.3, 0.4) is 0 Å². The molecular weight excluding hydrogens is 176 g/mol. The SMILES string of the molecule is Cc1ccc(-c2nnn(C)n2)cc1C. The van der Waals surface area contributed by atoms with E-state index in [9.17, 15) is 0 Å². The minimum absolute atomic E-state index is 0.676. The Labute approximate surface area is 82.6 Å². The van der Waals surface area contributed by atoms with Crippen LogP contribution in [-0.2, 0) is 7.05 Å². The molecule has 0 aliphatic heterocycles. The minimum atomic E-state index is 0.676. The third-order valence-corrected chi connectivity index (χ3v) is 2.27.